The number of furan rings is 1. The second-order valence-electron chi connectivity index (χ2n) is 8.71. The molecule has 1 aliphatic carbocycles. The number of aryl methyl sites for hydroxylation is 1. The lowest BCUT2D eigenvalue weighted by Gasteiger charge is -2.36. The quantitative estimate of drug-likeness (QED) is 0.568. The molecule has 0 fully saturated rings. The van der Waals surface area contributed by atoms with Crippen molar-refractivity contribution in [2.45, 2.75) is 38.5 Å². The summed E-state index contributed by atoms with van der Waals surface area (Å²) in [6.07, 6.45) is 2.42. The van der Waals surface area contributed by atoms with Crippen LogP contribution in [0, 0.1) is 12.7 Å². The number of aromatic nitrogens is 1. The zero-order chi connectivity index (χ0) is 23.8. The first-order valence-corrected chi connectivity index (χ1v) is 11.2. The maximum absolute atomic E-state index is 14.3. The number of rotatable bonds is 4. The van der Waals surface area contributed by atoms with Crippen molar-refractivity contribution >= 4 is 17.5 Å². The number of nitrogens with zero attached hydrogens (tertiary/aromatic N) is 1. The van der Waals surface area contributed by atoms with Gasteiger partial charge in [0.05, 0.1) is 6.26 Å². The summed E-state index contributed by atoms with van der Waals surface area (Å²) in [7, 11) is 0. The van der Waals surface area contributed by atoms with Crippen molar-refractivity contribution in [3.8, 4) is 0 Å². The van der Waals surface area contributed by atoms with E-state index in [1.165, 1.54) is 12.1 Å². The van der Waals surface area contributed by atoms with E-state index >= 15 is 0 Å². The Morgan fingerprint density at radius 3 is 2.68 bits per heavy atom. The van der Waals surface area contributed by atoms with E-state index in [0.29, 0.717) is 34.6 Å². The Morgan fingerprint density at radius 1 is 1.12 bits per heavy atom. The molecule has 1 aliphatic heterocycles. The average Bonchev–Trinajstić information content (AvgIpc) is 3.33. The number of halogens is 1. The molecule has 1 amide bonds. The maximum Gasteiger partial charge on any atom is 0.255 e. The number of pyridine rings is 1. The smallest absolute Gasteiger partial charge is 0.255 e. The molecule has 2 atom stereocenters. The Balaban J connectivity index is 1.57. The van der Waals surface area contributed by atoms with Gasteiger partial charge in [0.25, 0.3) is 5.91 Å². The number of Topliss-reactive ketones (excluding diaryl/α,β-unsaturated/α-hetero) is 1. The van der Waals surface area contributed by atoms with E-state index in [9.17, 15) is 14.0 Å². The number of anilines is 1. The molecule has 0 radical (unpaired) electrons. The second kappa shape index (κ2) is 8.74. The summed E-state index contributed by atoms with van der Waals surface area (Å²) in [4.78, 5) is 31.3. The third-order valence-electron chi connectivity index (χ3n) is 6.33. The zero-order valence-electron chi connectivity index (χ0n) is 18.9. The van der Waals surface area contributed by atoms with Gasteiger partial charge in [-0.2, -0.15) is 0 Å². The Hall–Kier alpha value is -4.00. The van der Waals surface area contributed by atoms with Gasteiger partial charge in [-0.15, -0.1) is 0 Å². The van der Waals surface area contributed by atoms with E-state index in [1.54, 1.807) is 37.5 Å². The second-order valence-corrected chi connectivity index (χ2v) is 8.71. The van der Waals surface area contributed by atoms with Crippen molar-refractivity contribution in [3.05, 3.63) is 106 Å². The number of carbonyl (C=O) groups excluding carboxylic acids is 2. The lowest BCUT2D eigenvalue weighted by molar-refractivity contribution is -0.116. The molecule has 5 rings (SSSR count). The van der Waals surface area contributed by atoms with Crippen LogP contribution in [0.4, 0.5) is 10.2 Å². The van der Waals surface area contributed by atoms with Gasteiger partial charge in [0.1, 0.15) is 17.4 Å². The number of allylic oxidation sites excluding steroid dienone is 3. The van der Waals surface area contributed by atoms with Gasteiger partial charge in [-0.25, -0.2) is 9.37 Å². The maximum atomic E-state index is 14.3. The third kappa shape index (κ3) is 4.05. The van der Waals surface area contributed by atoms with Crippen LogP contribution in [-0.2, 0) is 9.59 Å². The highest BCUT2D eigenvalue weighted by molar-refractivity contribution is 6.09. The Bertz CT molecular complexity index is 1340. The number of hydrogen-bond acceptors (Lipinski definition) is 5. The number of amides is 1. The number of nitrogens with one attached hydrogen (secondary N) is 2. The van der Waals surface area contributed by atoms with Crippen LogP contribution in [0.15, 0.2) is 87.8 Å². The zero-order valence-corrected chi connectivity index (χ0v) is 18.9. The van der Waals surface area contributed by atoms with E-state index < -0.39 is 11.7 Å². The van der Waals surface area contributed by atoms with Crippen LogP contribution in [0.1, 0.15) is 48.6 Å². The van der Waals surface area contributed by atoms with Crippen molar-refractivity contribution in [3.63, 3.8) is 0 Å². The minimum absolute atomic E-state index is 0.0871. The van der Waals surface area contributed by atoms with Crippen LogP contribution in [0.25, 0.3) is 0 Å². The summed E-state index contributed by atoms with van der Waals surface area (Å²) >= 11 is 0. The van der Waals surface area contributed by atoms with Crippen molar-refractivity contribution in [2.75, 3.05) is 5.32 Å². The summed E-state index contributed by atoms with van der Waals surface area (Å²) in [5, 5.41) is 6.15. The predicted octanol–water partition coefficient (Wildman–Crippen LogP) is 5.12. The number of hydrogen-bond donors (Lipinski definition) is 2. The normalized spacial score (nSPS) is 20.1. The van der Waals surface area contributed by atoms with Crippen molar-refractivity contribution < 1.29 is 18.4 Å². The fraction of sp³-hybridized carbons (Fsp3) is 0.222. The van der Waals surface area contributed by atoms with E-state index in [4.69, 9.17) is 4.42 Å². The van der Waals surface area contributed by atoms with Gasteiger partial charge < -0.3 is 15.1 Å². The fourth-order valence-electron chi connectivity index (χ4n) is 4.88. The summed E-state index contributed by atoms with van der Waals surface area (Å²) in [5.41, 5.74) is 3.56. The topological polar surface area (TPSA) is 84.2 Å². The van der Waals surface area contributed by atoms with Gasteiger partial charge in [0.2, 0.25) is 0 Å². The molecule has 0 saturated heterocycles. The third-order valence-corrected chi connectivity index (χ3v) is 6.33. The number of ketones is 1. The minimum Gasteiger partial charge on any atom is -0.469 e. The molecule has 34 heavy (non-hydrogen) atoms. The average molecular weight is 458 g/mol. The lowest BCUT2D eigenvalue weighted by Crippen LogP contribution is -2.37. The molecule has 0 unspecified atom stereocenters. The van der Waals surface area contributed by atoms with Crippen molar-refractivity contribution in [1.29, 1.82) is 0 Å². The fourth-order valence-corrected chi connectivity index (χ4v) is 4.88. The summed E-state index contributed by atoms with van der Waals surface area (Å²) in [5.74, 6) is -0.521. The molecule has 0 spiro atoms. The highest BCUT2D eigenvalue weighted by atomic mass is 19.1. The van der Waals surface area contributed by atoms with Crippen LogP contribution in [-0.4, -0.2) is 16.7 Å². The summed E-state index contributed by atoms with van der Waals surface area (Å²) < 4.78 is 19.8. The molecular weight excluding hydrogens is 433 g/mol. The standard InChI is InChI=1S/C27H24FN3O3/c1-15-6-3-10-23(29-15)31-27(33)24-16(2)30-20-13-18(22-9-5-11-34-22)14-21(32)26(20)25(24)17-7-4-8-19(28)12-17/h3-12,18,25,30H,13-14H2,1-2H3,(H,29,31,33)/t18-,25-/m1/s1. The Labute approximate surface area is 196 Å². The van der Waals surface area contributed by atoms with Crippen molar-refractivity contribution in [1.82, 2.24) is 10.3 Å². The molecule has 2 aromatic heterocycles. The number of dihydropyridines is 1. The number of carbonyl (C=O) groups is 2. The molecule has 0 saturated carbocycles. The first-order chi connectivity index (χ1) is 16.4. The molecule has 0 bridgehead atoms. The van der Waals surface area contributed by atoms with Gasteiger partial charge in [-0.1, -0.05) is 18.2 Å². The predicted molar refractivity (Wildman–Crippen MR) is 125 cm³/mol. The largest absolute Gasteiger partial charge is 0.469 e. The molecule has 2 N–H and O–H groups in total. The molecule has 7 heteroatoms. The molecule has 2 aliphatic rings. The van der Waals surface area contributed by atoms with E-state index in [0.717, 1.165) is 17.2 Å². The molecule has 6 nitrogen and oxygen atoms in total. The summed E-state index contributed by atoms with van der Waals surface area (Å²) in [6.45, 7) is 3.64. The highest BCUT2D eigenvalue weighted by Gasteiger charge is 2.41. The van der Waals surface area contributed by atoms with Gasteiger partial charge >= 0.3 is 0 Å². The Kier molecular flexibility index (Phi) is 5.61. The van der Waals surface area contributed by atoms with Crippen LogP contribution < -0.4 is 10.6 Å². The minimum atomic E-state index is -0.693. The molecule has 3 heterocycles. The van der Waals surface area contributed by atoms with Gasteiger partial charge in [-0.05, 0) is 62.2 Å². The lowest BCUT2D eigenvalue weighted by atomic mass is 9.72. The van der Waals surface area contributed by atoms with E-state index in [1.807, 2.05) is 25.1 Å². The van der Waals surface area contributed by atoms with Crippen LogP contribution in [0.2, 0.25) is 0 Å². The first kappa shape index (κ1) is 21.8. The molecule has 3 aromatic rings. The van der Waals surface area contributed by atoms with Gasteiger partial charge in [-0.3, -0.25) is 9.59 Å². The van der Waals surface area contributed by atoms with Crippen LogP contribution in [0.5, 0.6) is 0 Å². The molecule has 1 aromatic carbocycles. The first-order valence-electron chi connectivity index (χ1n) is 11.2. The molecular formula is C27H24FN3O3. The van der Waals surface area contributed by atoms with Crippen molar-refractivity contribution in [2.24, 2.45) is 0 Å². The van der Waals surface area contributed by atoms with Crippen LogP contribution in [0.3, 0.4) is 0 Å². The van der Waals surface area contributed by atoms with Crippen LogP contribution >= 0.6 is 0 Å². The monoisotopic (exact) mass is 457 g/mol. The van der Waals surface area contributed by atoms with Gasteiger partial charge in [0, 0.05) is 46.5 Å². The van der Waals surface area contributed by atoms with E-state index in [-0.39, 0.29) is 24.0 Å². The molecule has 172 valence electrons. The SMILES string of the molecule is CC1=C(C(=O)Nc2cccc(C)n2)[C@@H](c2cccc(F)c2)C2=C(C[C@@H](c3ccco3)CC2=O)N1. The van der Waals surface area contributed by atoms with Gasteiger partial charge in [0.15, 0.2) is 5.78 Å². The number of benzene rings is 1. The Morgan fingerprint density at radius 2 is 1.94 bits per heavy atom. The summed E-state index contributed by atoms with van der Waals surface area (Å²) in [6, 6.07) is 15.1. The van der Waals surface area contributed by atoms with E-state index in [2.05, 4.69) is 15.6 Å². The highest BCUT2D eigenvalue weighted by Crippen LogP contribution is 2.45.